The van der Waals surface area contributed by atoms with E-state index in [1.54, 1.807) is 0 Å². The van der Waals surface area contributed by atoms with Gasteiger partial charge in [0.05, 0.1) is 17.5 Å². The third kappa shape index (κ3) is 1.62. The van der Waals surface area contributed by atoms with Gasteiger partial charge in [-0.1, -0.05) is 5.57 Å². The molecule has 1 heterocycles. The summed E-state index contributed by atoms with van der Waals surface area (Å²) in [7, 11) is 0. The minimum Gasteiger partial charge on any atom is -0.344 e. The first-order chi connectivity index (χ1) is 7.63. The summed E-state index contributed by atoms with van der Waals surface area (Å²) >= 11 is 0. The molecule has 16 heavy (non-hydrogen) atoms. The fraction of sp³-hybridized carbons (Fsp3) is 0.167. The second-order valence-corrected chi connectivity index (χ2v) is 3.76. The van der Waals surface area contributed by atoms with Crippen LogP contribution < -0.4 is 0 Å². The topological polar surface area (TPSA) is 41.0 Å². The molecule has 3 nitrogen and oxygen atoms in total. The normalized spacial score (nSPS) is 10.4. The van der Waals surface area contributed by atoms with Crippen LogP contribution in [0.25, 0.3) is 16.7 Å². The zero-order valence-corrected chi connectivity index (χ0v) is 9.21. The summed E-state index contributed by atoms with van der Waals surface area (Å²) < 4.78 is 13.7. The van der Waals surface area contributed by atoms with Gasteiger partial charge in [0.2, 0.25) is 0 Å². The van der Waals surface area contributed by atoms with Gasteiger partial charge in [0.1, 0.15) is 5.52 Å². The van der Waals surface area contributed by atoms with Crippen molar-refractivity contribution in [3.63, 3.8) is 0 Å². The van der Waals surface area contributed by atoms with Crippen molar-refractivity contribution >= 4 is 23.4 Å². The van der Waals surface area contributed by atoms with Crippen LogP contribution in [-0.2, 0) is 0 Å². The van der Waals surface area contributed by atoms with Gasteiger partial charge in [0.15, 0.2) is 5.82 Å². The van der Waals surface area contributed by atoms with Crippen LogP contribution in [0.1, 0.15) is 19.4 Å². The molecule has 0 fully saturated rings. The number of rotatable bonds is 2. The number of hydrogen-bond acceptors (Lipinski definition) is 2. The van der Waals surface area contributed by atoms with E-state index in [4.69, 9.17) is 0 Å². The standard InChI is InChI=1S/C12H12FN3/c1-7(2)11(14-3)8-4-9(13)12-10(5-8)15-6-16-12/h4-6H,3H2,1-2H3,(H,15,16). The molecule has 0 aliphatic heterocycles. The predicted molar refractivity (Wildman–Crippen MR) is 63.9 cm³/mol. The van der Waals surface area contributed by atoms with Gasteiger partial charge in [0, 0.05) is 5.56 Å². The molecule has 4 heteroatoms. The van der Waals surface area contributed by atoms with E-state index in [1.165, 1.54) is 12.4 Å². The number of H-pyrrole nitrogens is 1. The molecule has 1 aromatic heterocycles. The van der Waals surface area contributed by atoms with Gasteiger partial charge in [-0.25, -0.2) is 9.37 Å². The van der Waals surface area contributed by atoms with Crippen LogP contribution in [0.4, 0.5) is 4.39 Å². The Morgan fingerprint density at radius 3 is 2.81 bits per heavy atom. The molecule has 0 spiro atoms. The lowest BCUT2D eigenvalue weighted by atomic mass is 10.1. The van der Waals surface area contributed by atoms with Crippen LogP contribution in [0.5, 0.6) is 0 Å². The van der Waals surface area contributed by atoms with Crippen molar-refractivity contribution < 1.29 is 4.39 Å². The summed E-state index contributed by atoms with van der Waals surface area (Å²) in [5.41, 5.74) is 3.42. The number of hydrogen-bond donors (Lipinski definition) is 1. The Kier molecular flexibility index (Phi) is 2.56. The fourth-order valence-electron chi connectivity index (χ4n) is 1.68. The Balaban J connectivity index is 2.71. The summed E-state index contributed by atoms with van der Waals surface area (Å²) in [6.07, 6.45) is 1.47. The number of benzene rings is 1. The van der Waals surface area contributed by atoms with Crippen molar-refractivity contribution in [2.45, 2.75) is 13.8 Å². The Hall–Kier alpha value is -1.97. The minimum absolute atomic E-state index is 0.348. The van der Waals surface area contributed by atoms with E-state index in [9.17, 15) is 4.39 Å². The lowest BCUT2D eigenvalue weighted by Gasteiger charge is -2.04. The highest BCUT2D eigenvalue weighted by molar-refractivity contribution is 5.82. The maximum Gasteiger partial charge on any atom is 0.151 e. The third-order valence-corrected chi connectivity index (χ3v) is 2.38. The van der Waals surface area contributed by atoms with Gasteiger partial charge in [0.25, 0.3) is 0 Å². The Bertz CT molecular complexity index is 577. The number of nitrogens with zero attached hydrogens (tertiary/aromatic N) is 2. The van der Waals surface area contributed by atoms with E-state index in [0.717, 1.165) is 5.57 Å². The van der Waals surface area contributed by atoms with Crippen LogP contribution in [0.2, 0.25) is 0 Å². The highest BCUT2D eigenvalue weighted by Crippen LogP contribution is 2.24. The van der Waals surface area contributed by atoms with Crippen molar-refractivity contribution in [2.75, 3.05) is 0 Å². The largest absolute Gasteiger partial charge is 0.344 e. The molecule has 0 unspecified atom stereocenters. The molecule has 0 saturated heterocycles. The van der Waals surface area contributed by atoms with Gasteiger partial charge >= 0.3 is 0 Å². The molecule has 2 aromatic rings. The molecular formula is C12H12FN3. The monoisotopic (exact) mass is 217 g/mol. The van der Waals surface area contributed by atoms with Gasteiger partial charge in [-0.05, 0) is 32.7 Å². The zero-order valence-electron chi connectivity index (χ0n) is 9.21. The summed E-state index contributed by atoms with van der Waals surface area (Å²) in [6, 6.07) is 3.25. The summed E-state index contributed by atoms with van der Waals surface area (Å²) in [5, 5.41) is 0. The summed E-state index contributed by atoms with van der Waals surface area (Å²) in [4.78, 5) is 10.7. The lowest BCUT2D eigenvalue weighted by Crippen LogP contribution is -1.88. The first-order valence-electron chi connectivity index (χ1n) is 4.90. The van der Waals surface area contributed by atoms with Gasteiger partial charge in [-0.15, -0.1) is 0 Å². The fourth-order valence-corrected chi connectivity index (χ4v) is 1.68. The Labute approximate surface area is 92.7 Å². The first kappa shape index (κ1) is 10.5. The SMILES string of the molecule is C=NC(=C(C)C)c1cc(F)c2nc[nH]c2c1. The molecule has 0 aliphatic carbocycles. The smallest absolute Gasteiger partial charge is 0.151 e. The van der Waals surface area contributed by atoms with Crippen molar-refractivity contribution in [1.82, 2.24) is 9.97 Å². The maximum absolute atomic E-state index is 13.7. The molecule has 0 saturated carbocycles. The Morgan fingerprint density at radius 1 is 1.44 bits per heavy atom. The maximum atomic E-state index is 13.7. The summed E-state index contributed by atoms with van der Waals surface area (Å²) in [6.45, 7) is 7.33. The number of aliphatic imine (C=N–C) groups is 1. The number of nitrogens with one attached hydrogen (secondary N) is 1. The van der Waals surface area contributed by atoms with Gasteiger partial charge < -0.3 is 4.98 Å². The van der Waals surface area contributed by atoms with Crippen molar-refractivity contribution in [3.05, 3.63) is 35.4 Å². The molecule has 0 bridgehead atoms. The second kappa shape index (κ2) is 3.89. The van der Waals surface area contributed by atoms with Gasteiger partial charge in [-0.2, -0.15) is 0 Å². The molecular weight excluding hydrogens is 205 g/mol. The first-order valence-corrected chi connectivity index (χ1v) is 4.90. The van der Waals surface area contributed by atoms with Crippen molar-refractivity contribution in [3.8, 4) is 0 Å². The number of halogens is 1. The van der Waals surface area contributed by atoms with Crippen LogP contribution in [0.15, 0.2) is 29.0 Å². The van der Waals surface area contributed by atoms with E-state index in [1.807, 2.05) is 19.9 Å². The average Bonchev–Trinajstić information content (AvgIpc) is 2.66. The molecule has 82 valence electrons. The minimum atomic E-state index is -0.351. The van der Waals surface area contributed by atoms with Crippen LogP contribution >= 0.6 is 0 Å². The number of aromatic amines is 1. The van der Waals surface area contributed by atoms with Crippen LogP contribution in [0, 0.1) is 5.82 Å². The molecule has 1 aromatic carbocycles. The van der Waals surface area contributed by atoms with Gasteiger partial charge in [-0.3, -0.25) is 4.99 Å². The molecule has 0 aliphatic rings. The predicted octanol–water partition coefficient (Wildman–Crippen LogP) is 3.15. The van der Waals surface area contributed by atoms with E-state index >= 15 is 0 Å². The quantitative estimate of drug-likeness (QED) is 0.771. The van der Waals surface area contributed by atoms with E-state index in [-0.39, 0.29) is 5.82 Å². The molecule has 1 N–H and O–H groups in total. The number of imidazole rings is 1. The molecule has 2 rings (SSSR count). The zero-order chi connectivity index (χ0) is 11.7. The van der Waals surface area contributed by atoms with Crippen molar-refractivity contribution in [2.24, 2.45) is 4.99 Å². The lowest BCUT2D eigenvalue weighted by molar-refractivity contribution is 0.637. The van der Waals surface area contributed by atoms with E-state index in [0.29, 0.717) is 22.3 Å². The molecule has 0 amide bonds. The highest BCUT2D eigenvalue weighted by Gasteiger charge is 2.09. The Morgan fingerprint density at radius 2 is 2.19 bits per heavy atom. The van der Waals surface area contributed by atoms with Crippen LogP contribution in [-0.4, -0.2) is 16.7 Å². The third-order valence-electron chi connectivity index (χ3n) is 2.38. The number of aromatic nitrogens is 2. The second-order valence-electron chi connectivity index (χ2n) is 3.76. The van der Waals surface area contributed by atoms with Crippen LogP contribution in [0.3, 0.4) is 0 Å². The number of allylic oxidation sites excluding steroid dienone is 1. The molecule has 0 atom stereocenters. The van der Waals surface area contributed by atoms with Crippen molar-refractivity contribution in [1.29, 1.82) is 0 Å². The summed E-state index contributed by atoms with van der Waals surface area (Å²) in [5.74, 6) is -0.351. The van der Waals surface area contributed by atoms with E-state index < -0.39 is 0 Å². The highest BCUT2D eigenvalue weighted by atomic mass is 19.1. The number of fused-ring (bicyclic) bond motifs is 1. The average molecular weight is 217 g/mol. The molecule has 0 radical (unpaired) electrons. The van der Waals surface area contributed by atoms with E-state index in [2.05, 4.69) is 21.7 Å².